The minimum atomic E-state index is -4.72. The number of aryl methyl sites for hydroxylation is 4. The summed E-state index contributed by atoms with van der Waals surface area (Å²) in [5, 5.41) is 20.1. The molecule has 1 unspecified atom stereocenters. The van der Waals surface area contributed by atoms with E-state index >= 15 is 0 Å². The Morgan fingerprint density at radius 3 is 2.25 bits per heavy atom. The molecule has 2 heterocycles. The smallest absolute Gasteiger partial charge is 0.408 e. The Bertz CT molecular complexity index is 2470. The maximum atomic E-state index is 13.8. The molecular weight excluding hydrogens is 813 g/mol. The number of ether oxygens (including phenoxy) is 1. The van der Waals surface area contributed by atoms with Crippen molar-refractivity contribution in [1.29, 1.82) is 0 Å². The van der Waals surface area contributed by atoms with Gasteiger partial charge in [-0.15, -0.1) is 0 Å². The van der Waals surface area contributed by atoms with Crippen LogP contribution < -0.4 is 31.4 Å². The zero-order valence-corrected chi connectivity index (χ0v) is 34.8. The van der Waals surface area contributed by atoms with Gasteiger partial charge in [-0.2, -0.15) is 13.1 Å². The number of benzene rings is 2. The molecule has 22 heteroatoms. The molecule has 0 bridgehead atoms. The van der Waals surface area contributed by atoms with Gasteiger partial charge < -0.3 is 40.7 Å². The third kappa shape index (κ3) is 13.1. The molecule has 0 fully saturated rings. The van der Waals surface area contributed by atoms with E-state index in [9.17, 15) is 50.5 Å². The number of sulfonamides is 1. The summed E-state index contributed by atoms with van der Waals surface area (Å²) in [6, 6.07) is 4.62. The van der Waals surface area contributed by atoms with Crippen LogP contribution >= 0.6 is 0 Å². The van der Waals surface area contributed by atoms with Gasteiger partial charge in [0.2, 0.25) is 21.4 Å². The van der Waals surface area contributed by atoms with Crippen molar-refractivity contribution in [2.24, 2.45) is 0 Å². The number of H-pyrrole nitrogens is 1. The van der Waals surface area contributed by atoms with Gasteiger partial charge in [-0.25, -0.2) is 18.2 Å². The van der Waals surface area contributed by atoms with Gasteiger partial charge in [0.1, 0.15) is 29.0 Å². The van der Waals surface area contributed by atoms with Gasteiger partial charge in [0.05, 0.1) is 10.4 Å². The highest BCUT2D eigenvalue weighted by Gasteiger charge is 2.30. The highest BCUT2D eigenvalue weighted by atomic mass is 32.2. The largest absolute Gasteiger partial charge is 0.480 e. The number of fused-ring (bicyclic) bond motifs is 1. The van der Waals surface area contributed by atoms with Gasteiger partial charge in [-0.3, -0.25) is 23.7 Å². The predicted molar refractivity (Wildman–Crippen MR) is 216 cm³/mol. The lowest BCUT2D eigenvalue weighted by molar-refractivity contribution is -0.138. The van der Waals surface area contributed by atoms with Crippen molar-refractivity contribution in [2.45, 2.75) is 83.6 Å². The van der Waals surface area contributed by atoms with Crippen LogP contribution in [0.15, 0.2) is 58.6 Å². The third-order valence-corrected chi connectivity index (χ3v) is 11.1. The van der Waals surface area contributed by atoms with E-state index in [0.29, 0.717) is 28.2 Å². The monoisotopic (exact) mass is 860 g/mol. The minimum Gasteiger partial charge on any atom is -0.480 e. The maximum Gasteiger partial charge on any atom is 0.408 e. The van der Waals surface area contributed by atoms with Crippen molar-refractivity contribution < 1.29 is 50.4 Å². The van der Waals surface area contributed by atoms with Gasteiger partial charge in [-0.05, 0) is 76.8 Å². The van der Waals surface area contributed by atoms with Crippen LogP contribution in [0.4, 0.5) is 10.7 Å². The van der Waals surface area contributed by atoms with E-state index < -0.39 is 85.0 Å². The van der Waals surface area contributed by atoms with Crippen LogP contribution in [0.1, 0.15) is 59.8 Å². The Kier molecular flexibility index (Phi) is 14.6. The van der Waals surface area contributed by atoms with E-state index in [1.54, 1.807) is 82.8 Å². The molecule has 8 N–H and O–H groups in total. The highest BCUT2D eigenvalue weighted by Crippen LogP contribution is 2.22. The SMILES string of the molecule is Cc1cc(C)c(S(=O)(=O)NC(CNC(=O)c2cn(CCCNC(=O)[C@H](CS(=O)(=O)O)NC(=O)OC(C)(C)C)c3cc(CNc4ncc[nH]4)ccc3c2=O)C(=O)O)c(C)c1. The fourth-order valence-electron chi connectivity index (χ4n) is 6.17. The first-order valence-electron chi connectivity index (χ1n) is 18.2. The first-order valence-corrected chi connectivity index (χ1v) is 21.3. The quantitative estimate of drug-likeness (QED) is 0.0522. The molecular formula is C37H48N8O12S2. The number of anilines is 1. The number of nitrogens with zero attached hydrogens (tertiary/aromatic N) is 2. The fraction of sp³-hybridized carbons (Fsp3) is 0.405. The van der Waals surface area contributed by atoms with Crippen molar-refractivity contribution in [1.82, 2.24) is 35.2 Å². The van der Waals surface area contributed by atoms with Crippen molar-refractivity contribution in [3.8, 4) is 0 Å². The van der Waals surface area contributed by atoms with Gasteiger partial charge in [0, 0.05) is 50.2 Å². The molecule has 320 valence electrons. The molecule has 20 nitrogen and oxygen atoms in total. The summed E-state index contributed by atoms with van der Waals surface area (Å²) in [4.78, 5) is 71.7. The summed E-state index contributed by atoms with van der Waals surface area (Å²) in [7, 11) is -9.09. The Morgan fingerprint density at radius 1 is 0.983 bits per heavy atom. The van der Waals surface area contributed by atoms with E-state index in [0.717, 1.165) is 5.56 Å². The molecule has 3 amide bonds. The lowest BCUT2D eigenvalue weighted by atomic mass is 10.1. The summed E-state index contributed by atoms with van der Waals surface area (Å²) < 4.78 is 68.1. The zero-order valence-electron chi connectivity index (χ0n) is 33.2. The van der Waals surface area contributed by atoms with Crippen LogP contribution in [0.5, 0.6) is 0 Å². The average Bonchev–Trinajstić information content (AvgIpc) is 3.63. The number of carboxylic acids is 1. The Hall–Kier alpha value is -5.84. The van der Waals surface area contributed by atoms with Crippen molar-refractivity contribution in [3.05, 3.63) is 87.0 Å². The topological polar surface area (TPSA) is 297 Å². The van der Waals surface area contributed by atoms with E-state index in [2.05, 4.69) is 36.0 Å². The van der Waals surface area contributed by atoms with Crippen LogP contribution in [-0.4, -0.2) is 101 Å². The molecule has 0 aliphatic heterocycles. The molecule has 0 spiro atoms. The van der Waals surface area contributed by atoms with Gasteiger partial charge in [0.25, 0.3) is 16.0 Å². The molecule has 4 rings (SSSR count). The second kappa shape index (κ2) is 18.8. The Labute approximate surface area is 340 Å². The second-order valence-corrected chi connectivity index (χ2v) is 17.9. The van der Waals surface area contributed by atoms with Crippen molar-refractivity contribution in [3.63, 3.8) is 0 Å². The van der Waals surface area contributed by atoms with E-state index in [1.165, 1.54) is 12.3 Å². The summed E-state index contributed by atoms with van der Waals surface area (Å²) in [5.74, 6) is -4.15. The number of aromatic nitrogens is 3. The average molecular weight is 861 g/mol. The van der Waals surface area contributed by atoms with E-state index in [1.807, 2.05) is 0 Å². The standard InChI is InChI=1S/C37H48N8O12S2/c1-21-14-22(2)31(23(3)15-21)59(55,56)44-27(34(49)50)18-41-32(47)26-19-45(29-16-24(8-9-25(29)30(26)46)17-42-35-39-11-12-40-35)13-7-10-38-33(48)28(20-58(52,53)54)43-36(51)57-37(4,5)6/h8-9,11-12,14-16,19,27-28,44H,7,10,13,17-18,20H2,1-6H3,(H,38,48)(H,41,47)(H,43,51)(H,49,50)(H2,39,40,42)(H,52,53,54)/t27?,28-/m0/s1. The lowest BCUT2D eigenvalue weighted by Crippen LogP contribution is -2.51. The zero-order chi connectivity index (χ0) is 43.9. The van der Waals surface area contributed by atoms with Crippen LogP contribution in [0, 0.1) is 20.8 Å². The number of imidazole rings is 1. The number of hydrogen-bond acceptors (Lipinski definition) is 12. The number of pyridine rings is 1. The molecule has 59 heavy (non-hydrogen) atoms. The molecule has 0 aliphatic carbocycles. The summed E-state index contributed by atoms with van der Waals surface area (Å²) in [6.45, 7) is 9.14. The lowest BCUT2D eigenvalue weighted by Gasteiger charge is -2.23. The second-order valence-electron chi connectivity index (χ2n) is 14.8. The van der Waals surface area contributed by atoms with Crippen LogP contribution in [0.25, 0.3) is 10.9 Å². The molecule has 4 aromatic rings. The number of aliphatic carboxylic acids is 1. The summed E-state index contributed by atoms with van der Waals surface area (Å²) in [6.07, 6.45) is 3.47. The van der Waals surface area contributed by atoms with Crippen LogP contribution in [-0.2, 0) is 47.6 Å². The molecule has 0 radical (unpaired) electrons. The number of hydrogen-bond donors (Lipinski definition) is 8. The summed E-state index contributed by atoms with van der Waals surface area (Å²) >= 11 is 0. The van der Waals surface area contributed by atoms with Gasteiger partial charge in [-0.1, -0.05) is 23.8 Å². The first-order chi connectivity index (χ1) is 27.4. The number of nitrogens with one attached hydrogen (secondary N) is 6. The van der Waals surface area contributed by atoms with Gasteiger partial charge in [0.15, 0.2) is 5.95 Å². The Morgan fingerprint density at radius 2 is 1.66 bits per heavy atom. The molecule has 0 saturated carbocycles. The van der Waals surface area contributed by atoms with Crippen molar-refractivity contribution >= 4 is 60.9 Å². The first kappa shape index (κ1) is 45.9. The number of alkyl carbamates (subject to hydrolysis) is 1. The fourth-order valence-corrected chi connectivity index (χ4v) is 8.47. The minimum absolute atomic E-state index is 0.0572. The Balaban J connectivity index is 1.57. The van der Waals surface area contributed by atoms with E-state index in [-0.39, 0.29) is 36.3 Å². The normalized spacial score (nSPS) is 13.0. The number of carbonyl (C=O) groups is 4. The number of carbonyl (C=O) groups excluding carboxylic acids is 3. The van der Waals surface area contributed by atoms with Crippen molar-refractivity contribution in [2.75, 3.05) is 24.2 Å². The highest BCUT2D eigenvalue weighted by molar-refractivity contribution is 7.89. The van der Waals surface area contributed by atoms with Gasteiger partial charge >= 0.3 is 12.1 Å². The molecule has 0 aliphatic rings. The molecule has 0 saturated heterocycles. The number of aromatic amines is 1. The third-order valence-electron chi connectivity index (χ3n) is 8.54. The predicted octanol–water partition coefficient (Wildman–Crippen LogP) is 1.71. The number of rotatable bonds is 18. The van der Waals surface area contributed by atoms with E-state index in [4.69, 9.17) is 4.74 Å². The molecule has 2 aromatic carbocycles. The van der Waals surface area contributed by atoms with Crippen LogP contribution in [0.2, 0.25) is 0 Å². The number of carboxylic acid groups (broad SMARTS) is 1. The summed E-state index contributed by atoms with van der Waals surface area (Å²) in [5.41, 5.74) is 0.636. The molecule has 2 atom stereocenters. The number of amides is 3. The molecule has 2 aromatic heterocycles. The maximum absolute atomic E-state index is 13.8. The van der Waals surface area contributed by atoms with Crippen LogP contribution in [0.3, 0.4) is 0 Å².